The van der Waals surface area contributed by atoms with Gasteiger partial charge in [-0.1, -0.05) is 6.08 Å². The van der Waals surface area contributed by atoms with Crippen molar-refractivity contribution in [1.82, 2.24) is 0 Å². The fraction of sp³-hybridized carbons (Fsp3) is 0.714. The highest BCUT2D eigenvalue weighted by atomic mass is 16.8. The summed E-state index contributed by atoms with van der Waals surface area (Å²) >= 11 is 0. The van der Waals surface area contributed by atoms with Gasteiger partial charge >= 0.3 is 11.9 Å². The molecule has 3 heterocycles. The van der Waals surface area contributed by atoms with Crippen molar-refractivity contribution in [2.24, 2.45) is 17.8 Å². The van der Waals surface area contributed by atoms with Gasteiger partial charge in [-0.2, -0.15) is 0 Å². The Balaban J connectivity index is 1.65. The van der Waals surface area contributed by atoms with Gasteiger partial charge in [-0.05, 0) is 19.1 Å². The fourth-order valence-electron chi connectivity index (χ4n) is 4.89. The molecule has 0 aromatic rings. The summed E-state index contributed by atoms with van der Waals surface area (Å²) in [6.45, 7) is 0.659. The van der Waals surface area contributed by atoms with Gasteiger partial charge in [0.15, 0.2) is 18.2 Å². The summed E-state index contributed by atoms with van der Waals surface area (Å²) in [4.78, 5) is 24.8. The van der Waals surface area contributed by atoms with Gasteiger partial charge in [-0.15, -0.1) is 0 Å². The van der Waals surface area contributed by atoms with E-state index in [4.69, 9.17) is 23.7 Å². The van der Waals surface area contributed by atoms with E-state index >= 15 is 0 Å². The summed E-state index contributed by atoms with van der Waals surface area (Å²) < 4.78 is 27.5. The van der Waals surface area contributed by atoms with Crippen LogP contribution in [0.2, 0.25) is 0 Å². The normalized spacial score (nSPS) is 45.5. The van der Waals surface area contributed by atoms with E-state index in [2.05, 4.69) is 0 Å². The lowest BCUT2D eigenvalue weighted by Crippen LogP contribution is -2.61. The molecule has 2 fully saturated rings. The van der Waals surface area contributed by atoms with E-state index in [9.17, 15) is 35.1 Å². The van der Waals surface area contributed by atoms with E-state index < -0.39 is 85.0 Å². The zero-order valence-electron chi connectivity index (χ0n) is 18.0. The van der Waals surface area contributed by atoms with Gasteiger partial charge in [0.25, 0.3) is 0 Å². The summed E-state index contributed by atoms with van der Waals surface area (Å²) in [6, 6.07) is 0. The Labute approximate surface area is 188 Å². The number of rotatable bonds is 5. The second-order valence-corrected chi connectivity index (χ2v) is 8.65. The molecule has 0 bridgehead atoms. The minimum Gasteiger partial charge on any atom is -0.469 e. The molecule has 11 atom stereocenters. The number of hydrogen-bond acceptors (Lipinski definition) is 12. The second-order valence-electron chi connectivity index (χ2n) is 8.65. The Morgan fingerprint density at radius 3 is 2.58 bits per heavy atom. The third-order valence-corrected chi connectivity index (χ3v) is 6.67. The number of methoxy groups -OCH3 is 1. The molecule has 1 spiro atoms. The van der Waals surface area contributed by atoms with Gasteiger partial charge in [0.05, 0.1) is 43.8 Å². The van der Waals surface area contributed by atoms with Crippen LogP contribution >= 0.6 is 0 Å². The van der Waals surface area contributed by atoms with Gasteiger partial charge in [-0.3, -0.25) is 4.79 Å². The molecule has 0 aromatic carbocycles. The lowest BCUT2D eigenvalue weighted by atomic mass is 9.75. The number of carbonyl (C=O) groups excluding carboxylic acids is 2. The van der Waals surface area contributed by atoms with Crippen molar-refractivity contribution >= 4 is 11.9 Å². The molecule has 5 N–H and O–H groups in total. The molecule has 184 valence electrons. The van der Waals surface area contributed by atoms with E-state index in [1.807, 2.05) is 0 Å². The first-order chi connectivity index (χ1) is 15.6. The van der Waals surface area contributed by atoms with E-state index in [1.54, 1.807) is 12.2 Å². The molecule has 33 heavy (non-hydrogen) atoms. The number of fused-ring (bicyclic) bond motifs is 2. The third kappa shape index (κ3) is 4.00. The molecule has 12 nitrogen and oxygen atoms in total. The summed E-state index contributed by atoms with van der Waals surface area (Å²) in [5, 5.41) is 49.8. The topological polar surface area (TPSA) is 181 Å². The Hall–Kier alpha value is -1.90. The zero-order chi connectivity index (χ0) is 24.1. The van der Waals surface area contributed by atoms with E-state index in [0.29, 0.717) is 0 Å². The van der Waals surface area contributed by atoms with Crippen LogP contribution in [0.5, 0.6) is 0 Å². The predicted molar refractivity (Wildman–Crippen MR) is 105 cm³/mol. The summed E-state index contributed by atoms with van der Waals surface area (Å²) in [5.41, 5.74) is -1.37. The number of esters is 2. The molecule has 11 unspecified atom stereocenters. The van der Waals surface area contributed by atoms with Crippen molar-refractivity contribution in [3.05, 3.63) is 23.8 Å². The maximum absolute atomic E-state index is 12.4. The summed E-state index contributed by atoms with van der Waals surface area (Å²) in [5.74, 6) is -3.40. The molecule has 0 amide bonds. The van der Waals surface area contributed by atoms with Crippen molar-refractivity contribution in [2.45, 2.75) is 55.6 Å². The molecule has 12 heteroatoms. The minimum absolute atomic E-state index is 0.0343. The van der Waals surface area contributed by atoms with Crippen LogP contribution in [-0.2, 0) is 33.3 Å². The van der Waals surface area contributed by atoms with Crippen LogP contribution in [0.25, 0.3) is 0 Å². The van der Waals surface area contributed by atoms with Gasteiger partial charge in [-0.25, -0.2) is 4.79 Å². The number of hydrogen-bond donors (Lipinski definition) is 5. The van der Waals surface area contributed by atoms with Crippen LogP contribution in [0.1, 0.15) is 6.92 Å². The van der Waals surface area contributed by atoms with Crippen LogP contribution in [0.15, 0.2) is 23.8 Å². The Morgan fingerprint density at radius 1 is 1.24 bits per heavy atom. The maximum Gasteiger partial charge on any atom is 0.337 e. The highest BCUT2D eigenvalue weighted by molar-refractivity contribution is 5.93. The SMILES string of the molecule is COC(=O)C1COC(OC2OC(CO)C(O)C(O)C2O)C2C1C=CC21C=C(C(C)O)C(=O)O1. The number of allylic oxidation sites excluding steroid dienone is 1. The van der Waals surface area contributed by atoms with E-state index in [-0.39, 0.29) is 12.2 Å². The first-order valence-corrected chi connectivity index (χ1v) is 10.6. The van der Waals surface area contributed by atoms with Crippen molar-refractivity contribution < 1.29 is 58.8 Å². The molecule has 4 aliphatic rings. The van der Waals surface area contributed by atoms with Gasteiger partial charge in [0, 0.05) is 5.92 Å². The monoisotopic (exact) mass is 472 g/mol. The Bertz CT molecular complexity index is 837. The highest BCUT2D eigenvalue weighted by Crippen LogP contribution is 2.51. The van der Waals surface area contributed by atoms with Crippen LogP contribution in [-0.4, -0.2) is 106 Å². The van der Waals surface area contributed by atoms with Crippen LogP contribution in [0.4, 0.5) is 0 Å². The molecule has 0 aromatic heterocycles. The average molecular weight is 472 g/mol. The summed E-state index contributed by atoms with van der Waals surface area (Å²) in [7, 11) is 1.24. The molecular formula is C21H28O12. The van der Waals surface area contributed by atoms with Crippen LogP contribution in [0, 0.1) is 17.8 Å². The molecule has 0 saturated carbocycles. The summed E-state index contributed by atoms with van der Waals surface area (Å²) in [6.07, 6.45) is -5.19. The predicted octanol–water partition coefficient (Wildman–Crippen LogP) is -2.65. The molecule has 4 rings (SSSR count). The molecule has 0 radical (unpaired) electrons. The number of ether oxygens (including phenoxy) is 5. The number of carbonyl (C=O) groups is 2. The number of aliphatic hydroxyl groups is 5. The highest BCUT2D eigenvalue weighted by Gasteiger charge is 2.60. The van der Waals surface area contributed by atoms with Crippen LogP contribution in [0.3, 0.4) is 0 Å². The first kappa shape index (κ1) is 24.2. The third-order valence-electron chi connectivity index (χ3n) is 6.67. The minimum atomic E-state index is -1.68. The molecule has 2 saturated heterocycles. The quantitative estimate of drug-likeness (QED) is 0.207. The number of aliphatic hydroxyl groups excluding tert-OH is 5. The van der Waals surface area contributed by atoms with Crippen molar-refractivity contribution in [1.29, 1.82) is 0 Å². The lowest BCUT2D eigenvalue weighted by Gasteiger charge is -2.46. The largest absolute Gasteiger partial charge is 0.469 e. The maximum atomic E-state index is 12.4. The molecular weight excluding hydrogens is 444 g/mol. The van der Waals surface area contributed by atoms with Gasteiger partial charge < -0.3 is 49.2 Å². The van der Waals surface area contributed by atoms with E-state index in [0.717, 1.165) is 0 Å². The Kier molecular flexibility index (Phi) is 6.64. The smallest absolute Gasteiger partial charge is 0.337 e. The van der Waals surface area contributed by atoms with Crippen molar-refractivity contribution in [3.8, 4) is 0 Å². The Morgan fingerprint density at radius 2 is 1.97 bits per heavy atom. The zero-order valence-corrected chi connectivity index (χ0v) is 18.0. The van der Waals surface area contributed by atoms with Crippen LogP contribution < -0.4 is 0 Å². The second kappa shape index (κ2) is 9.04. The fourth-order valence-corrected chi connectivity index (χ4v) is 4.89. The van der Waals surface area contributed by atoms with Gasteiger partial charge in [0.2, 0.25) is 0 Å². The van der Waals surface area contributed by atoms with Crippen molar-refractivity contribution in [2.75, 3.05) is 20.3 Å². The lowest BCUT2D eigenvalue weighted by molar-refractivity contribution is -0.357. The van der Waals surface area contributed by atoms with Crippen molar-refractivity contribution in [3.63, 3.8) is 0 Å². The average Bonchev–Trinajstić information content (AvgIpc) is 3.34. The standard InChI is InChI=1S/C21H28O12/c1-8(23)10-5-21(33-18(10)28)4-3-9-11(17(27)29-2)7-30-19(13(9)21)32-20-16(26)15(25)14(24)12(6-22)31-20/h3-5,8-9,11-16,19-20,22-26H,6-7H2,1-2H3. The van der Waals surface area contributed by atoms with E-state index in [1.165, 1.54) is 20.1 Å². The van der Waals surface area contributed by atoms with Gasteiger partial charge in [0.1, 0.15) is 24.4 Å². The molecule has 3 aliphatic heterocycles. The first-order valence-electron chi connectivity index (χ1n) is 10.6. The molecule has 1 aliphatic carbocycles.